The summed E-state index contributed by atoms with van der Waals surface area (Å²) in [6, 6.07) is 6.81. The summed E-state index contributed by atoms with van der Waals surface area (Å²) in [5, 5.41) is 4.57. The van der Waals surface area contributed by atoms with Gasteiger partial charge in [-0.25, -0.2) is 4.79 Å². The number of hydrogen-bond acceptors (Lipinski definition) is 3. The highest BCUT2D eigenvalue weighted by Crippen LogP contribution is 2.21. The van der Waals surface area contributed by atoms with Gasteiger partial charge in [0.15, 0.2) is 0 Å². The van der Waals surface area contributed by atoms with Crippen LogP contribution in [0.3, 0.4) is 0 Å². The van der Waals surface area contributed by atoms with E-state index in [1.54, 1.807) is 6.08 Å². The molecule has 1 aliphatic heterocycles. The van der Waals surface area contributed by atoms with E-state index in [9.17, 15) is 9.59 Å². The van der Waals surface area contributed by atoms with Gasteiger partial charge in [0.25, 0.3) is 5.91 Å². The minimum absolute atomic E-state index is 0.224. The summed E-state index contributed by atoms with van der Waals surface area (Å²) in [6.07, 6.45) is 1.59. The molecule has 1 fully saturated rings. The number of benzene rings is 1. The van der Waals surface area contributed by atoms with Crippen molar-refractivity contribution in [1.82, 2.24) is 10.6 Å². The van der Waals surface area contributed by atoms with E-state index in [2.05, 4.69) is 10.6 Å². The predicted molar refractivity (Wildman–Crippen MR) is 62.3 cm³/mol. The number of carbonyl (C=O) groups is 2. The van der Waals surface area contributed by atoms with Crippen LogP contribution in [0.4, 0.5) is 4.79 Å². The van der Waals surface area contributed by atoms with Crippen LogP contribution in [0.2, 0.25) is 0 Å². The van der Waals surface area contributed by atoms with Crippen molar-refractivity contribution >= 4 is 18.0 Å². The third kappa shape index (κ3) is 2.44. The summed E-state index contributed by atoms with van der Waals surface area (Å²) in [6.45, 7) is 2.42. The zero-order valence-corrected chi connectivity index (χ0v) is 9.32. The summed E-state index contributed by atoms with van der Waals surface area (Å²) in [4.78, 5) is 22.3. The van der Waals surface area contributed by atoms with Gasteiger partial charge in [-0.3, -0.25) is 10.1 Å². The molecule has 17 heavy (non-hydrogen) atoms. The Balaban J connectivity index is 2.32. The van der Waals surface area contributed by atoms with Crippen molar-refractivity contribution in [3.8, 4) is 5.75 Å². The van der Waals surface area contributed by atoms with Crippen molar-refractivity contribution in [2.75, 3.05) is 6.61 Å². The third-order valence-corrected chi connectivity index (χ3v) is 2.24. The van der Waals surface area contributed by atoms with Gasteiger partial charge in [-0.05, 0) is 19.1 Å². The van der Waals surface area contributed by atoms with E-state index < -0.39 is 11.9 Å². The Kier molecular flexibility index (Phi) is 3.09. The average molecular weight is 232 g/mol. The Bertz CT molecular complexity index is 494. The first-order valence-corrected chi connectivity index (χ1v) is 5.26. The molecule has 0 atom stereocenters. The quantitative estimate of drug-likeness (QED) is 0.609. The van der Waals surface area contributed by atoms with Crippen LogP contribution in [0.5, 0.6) is 5.75 Å². The molecule has 0 aromatic heterocycles. The van der Waals surface area contributed by atoms with Gasteiger partial charge in [0.2, 0.25) is 0 Å². The molecule has 1 aromatic carbocycles. The molecule has 5 nitrogen and oxygen atoms in total. The molecule has 88 valence electrons. The van der Waals surface area contributed by atoms with E-state index >= 15 is 0 Å². The van der Waals surface area contributed by atoms with Gasteiger partial charge in [0.05, 0.1) is 6.61 Å². The number of para-hydroxylation sites is 1. The highest BCUT2D eigenvalue weighted by molar-refractivity contribution is 6.14. The van der Waals surface area contributed by atoms with Gasteiger partial charge in [-0.1, -0.05) is 18.2 Å². The lowest BCUT2D eigenvalue weighted by Gasteiger charge is -2.06. The number of nitrogens with one attached hydrogen (secondary N) is 2. The fourth-order valence-electron chi connectivity index (χ4n) is 1.52. The zero-order valence-electron chi connectivity index (χ0n) is 9.32. The van der Waals surface area contributed by atoms with Crippen molar-refractivity contribution in [2.24, 2.45) is 0 Å². The maximum absolute atomic E-state index is 11.4. The van der Waals surface area contributed by atoms with Crippen molar-refractivity contribution in [3.05, 3.63) is 35.5 Å². The van der Waals surface area contributed by atoms with E-state index in [-0.39, 0.29) is 5.70 Å². The lowest BCUT2D eigenvalue weighted by Crippen LogP contribution is -2.22. The molecule has 0 saturated carbocycles. The first-order valence-electron chi connectivity index (χ1n) is 5.26. The van der Waals surface area contributed by atoms with Crippen LogP contribution >= 0.6 is 0 Å². The van der Waals surface area contributed by atoms with Gasteiger partial charge in [0.1, 0.15) is 11.4 Å². The lowest BCUT2D eigenvalue weighted by molar-refractivity contribution is -0.115. The van der Waals surface area contributed by atoms with Crippen LogP contribution < -0.4 is 15.4 Å². The number of carbonyl (C=O) groups excluding carboxylic acids is 2. The molecule has 0 aliphatic carbocycles. The van der Waals surface area contributed by atoms with E-state index in [4.69, 9.17) is 4.74 Å². The molecular weight excluding hydrogens is 220 g/mol. The molecule has 0 unspecified atom stereocenters. The summed E-state index contributed by atoms with van der Waals surface area (Å²) >= 11 is 0. The van der Waals surface area contributed by atoms with Gasteiger partial charge in [-0.15, -0.1) is 0 Å². The summed E-state index contributed by atoms with van der Waals surface area (Å²) in [7, 11) is 0. The molecule has 3 amide bonds. The molecule has 0 radical (unpaired) electrons. The lowest BCUT2D eigenvalue weighted by atomic mass is 10.1. The van der Waals surface area contributed by atoms with Crippen molar-refractivity contribution < 1.29 is 14.3 Å². The SMILES string of the molecule is CCOc1ccccc1/C=C1/NC(=O)NC1=O. The van der Waals surface area contributed by atoms with E-state index in [1.165, 1.54) is 0 Å². The van der Waals surface area contributed by atoms with Crippen LogP contribution in [0.1, 0.15) is 12.5 Å². The van der Waals surface area contributed by atoms with Crippen LogP contribution in [0.15, 0.2) is 30.0 Å². The number of amides is 3. The zero-order chi connectivity index (χ0) is 12.3. The second kappa shape index (κ2) is 4.69. The molecule has 1 heterocycles. The molecular formula is C12H12N2O3. The predicted octanol–water partition coefficient (Wildman–Crippen LogP) is 1.27. The average Bonchev–Trinajstić information content (AvgIpc) is 2.61. The minimum atomic E-state index is -0.504. The monoisotopic (exact) mass is 232 g/mol. The fraction of sp³-hybridized carbons (Fsp3) is 0.167. The van der Waals surface area contributed by atoms with Crippen molar-refractivity contribution in [1.29, 1.82) is 0 Å². The van der Waals surface area contributed by atoms with Crippen LogP contribution in [0, 0.1) is 0 Å². The smallest absolute Gasteiger partial charge is 0.326 e. The molecule has 1 saturated heterocycles. The second-order valence-corrected chi connectivity index (χ2v) is 3.44. The Morgan fingerprint density at radius 3 is 2.65 bits per heavy atom. The maximum atomic E-state index is 11.4. The van der Waals surface area contributed by atoms with Gasteiger partial charge in [0, 0.05) is 5.56 Å². The fourth-order valence-corrected chi connectivity index (χ4v) is 1.52. The summed E-state index contributed by atoms with van der Waals surface area (Å²) in [5.74, 6) is 0.248. The Hall–Kier alpha value is -2.30. The number of imide groups is 1. The van der Waals surface area contributed by atoms with Crippen LogP contribution in [-0.4, -0.2) is 18.5 Å². The molecule has 1 aromatic rings. The summed E-state index contributed by atoms with van der Waals surface area (Å²) < 4.78 is 5.42. The molecule has 0 spiro atoms. The van der Waals surface area contributed by atoms with E-state index in [1.807, 2.05) is 31.2 Å². The number of ether oxygens (including phenoxy) is 1. The summed E-state index contributed by atoms with van der Waals surface area (Å²) in [5.41, 5.74) is 0.976. The number of urea groups is 1. The third-order valence-electron chi connectivity index (χ3n) is 2.24. The first-order chi connectivity index (χ1) is 8.20. The largest absolute Gasteiger partial charge is 0.493 e. The highest BCUT2D eigenvalue weighted by atomic mass is 16.5. The van der Waals surface area contributed by atoms with Crippen molar-refractivity contribution in [3.63, 3.8) is 0 Å². The number of rotatable bonds is 3. The van der Waals surface area contributed by atoms with Gasteiger partial charge >= 0.3 is 6.03 Å². The Labute approximate surface area is 98.5 Å². The molecule has 2 rings (SSSR count). The second-order valence-electron chi connectivity index (χ2n) is 3.44. The Morgan fingerprint density at radius 2 is 2.00 bits per heavy atom. The number of hydrogen-bond donors (Lipinski definition) is 2. The topological polar surface area (TPSA) is 67.4 Å². The van der Waals surface area contributed by atoms with Gasteiger partial charge in [-0.2, -0.15) is 0 Å². The minimum Gasteiger partial charge on any atom is -0.493 e. The molecule has 0 bridgehead atoms. The normalized spacial score (nSPS) is 16.9. The molecule has 1 aliphatic rings. The maximum Gasteiger partial charge on any atom is 0.326 e. The Morgan fingerprint density at radius 1 is 1.24 bits per heavy atom. The van der Waals surface area contributed by atoms with E-state index in [0.717, 1.165) is 5.56 Å². The first kappa shape index (κ1) is 11.2. The van der Waals surface area contributed by atoms with Gasteiger partial charge < -0.3 is 10.1 Å². The molecule has 2 N–H and O–H groups in total. The molecule has 5 heteroatoms. The van der Waals surface area contributed by atoms with Crippen LogP contribution in [0.25, 0.3) is 6.08 Å². The highest BCUT2D eigenvalue weighted by Gasteiger charge is 2.23. The standard InChI is InChI=1S/C12H12N2O3/c1-2-17-10-6-4-3-5-8(10)7-9-11(15)14-12(16)13-9/h3-7H,2H2,1H3,(H2,13,14,15,16)/b9-7+. The van der Waals surface area contributed by atoms with E-state index in [0.29, 0.717) is 12.4 Å². The van der Waals surface area contributed by atoms with Crippen molar-refractivity contribution in [2.45, 2.75) is 6.92 Å². The van der Waals surface area contributed by atoms with Crippen LogP contribution in [-0.2, 0) is 4.79 Å².